The van der Waals surface area contributed by atoms with Crippen molar-refractivity contribution in [3.05, 3.63) is 36.9 Å². The molecule has 0 aliphatic carbocycles. The van der Waals surface area contributed by atoms with Gasteiger partial charge in [-0.3, -0.25) is 4.79 Å². The van der Waals surface area contributed by atoms with Gasteiger partial charge in [0.1, 0.15) is 25.0 Å². The molecule has 2 aromatic rings. The van der Waals surface area contributed by atoms with Crippen LogP contribution in [0.5, 0.6) is 5.75 Å². The standard InChI is InChI=1S/C14H19N5O2/c15-6-2-5-14(20)18-12-3-1-4-13(9-12)21-8-7-19-11-16-10-17-19/h1,3-4,9-11H,2,5-8,15H2,(H,18,20). The van der Waals surface area contributed by atoms with Crippen LogP contribution in [0.4, 0.5) is 5.69 Å². The maximum atomic E-state index is 11.6. The van der Waals surface area contributed by atoms with Crippen molar-refractivity contribution in [1.82, 2.24) is 14.8 Å². The summed E-state index contributed by atoms with van der Waals surface area (Å²) in [7, 11) is 0. The summed E-state index contributed by atoms with van der Waals surface area (Å²) < 4.78 is 7.32. The van der Waals surface area contributed by atoms with E-state index in [0.717, 1.165) is 5.69 Å². The van der Waals surface area contributed by atoms with Crippen LogP contribution < -0.4 is 15.8 Å². The number of nitrogens with two attached hydrogens (primary N) is 1. The fraction of sp³-hybridized carbons (Fsp3) is 0.357. The Bertz CT molecular complexity index is 556. The normalized spacial score (nSPS) is 10.3. The number of rotatable bonds is 8. The van der Waals surface area contributed by atoms with Gasteiger partial charge in [-0.05, 0) is 25.1 Å². The van der Waals surface area contributed by atoms with E-state index in [-0.39, 0.29) is 5.91 Å². The molecule has 2 rings (SSSR count). The fourth-order valence-corrected chi connectivity index (χ4v) is 1.75. The van der Waals surface area contributed by atoms with Gasteiger partial charge >= 0.3 is 0 Å². The number of nitrogens with one attached hydrogen (secondary N) is 1. The van der Waals surface area contributed by atoms with E-state index in [0.29, 0.717) is 38.3 Å². The number of ether oxygens (including phenoxy) is 1. The van der Waals surface area contributed by atoms with Crippen molar-refractivity contribution < 1.29 is 9.53 Å². The molecular weight excluding hydrogens is 270 g/mol. The Morgan fingerprint density at radius 3 is 3.10 bits per heavy atom. The van der Waals surface area contributed by atoms with Crippen molar-refractivity contribution in [3.63, 3.8) is 0 Å². The first-order chi connectivity index (χ1) is 10.3. The van der Waals surface area contributed by atoms with Crippen LogP contribution in [0, 0.1) is 0 Å². The summed E-state index contributed by atoms with van der Waals surface area (Å²) in [5.41, 5.74) is 6.10. The molecule has 0 atom stereocenters. The molecule has 0 spiro atoms. The van der Waals surface area contributed by atoms with Crippen molar-refractivity contribution in [1.29, 1.82) is 0 Å². The first-order valence-corrected chi connectivity index (χ1v) is 6.83. The Morgan fingerprint density at radius 1 is 1.43 bits per heavy atom. The molecule has 3 N–H and O–H groups in total. The lowest BCUT2D eigenvalue weighted by Gasteiger charge is -2.09. The summed E-state index contributed by atoms with van der Waals surface area (Å²) in [6, 6.07) is 7.30. The van der Waals surface area contributed by atoms with E-state index in [1.165, 1.54) is 6.33 Å². The molecule has 0 saturated carbocycles. The van der Waals surface area contributed by atoms with Crippen molar-refractivity contribution in [2.45, 2.75) is 19.4 Å². The molecule has 1 aromatic carbocycles. The van der Waals surface area contributed by atoms with Gasteiger partial charge in [-0.25, -0.2) is 9.67 Å². The van der Waals surface area contributed by atoms with Crippen LogP contribution >= 0.6 is 0 Å². The number of carbonyl (C=O) groups is 1. The number of carbonyl (C=O) groups excluding carboxylic acids is 1. The van der Waals surface area contributed by atoms with Crippen LogP contribution in [0.2, 0.25) is 0 Å². The molecule has 1 aromatic heterocycles. The first-order valence-electron chi connectivity index (χ1n) is 6.83. The molecule has 0 aliphatic heterocycles. The van der Waals surface area contributed by atoms with E-state index in [9.17, 15) is 4.79 Å². The van der Waals surface area contributed by atoms with Crippen LogP contribution in [0.15, 0.2) is 36.9 Å². The molecule has 0 unspecified atom stereocenters. The number of anilines is 1. The molecule has 0 radical (unpaired) electrons. The molecule has 112 valence electrons. The van der Waals surface area contributed by atoms with Crippen LogP contribution in [0.25, 0.3) is 0 Å². The second kappa shape index (κ2) is 8.01. The van der Waals surface area contributed by atoms with Gasteiger partial charge in [-0.1, -0.05) is 6.07 Å². The third kappa shape index (κ3) is 5.23. The summed E-state index contributed by atoms with van der Waals surface area (Å²) >= 11 is 0. The predicted molar refractivity (Wildman–Crippen MR) is 78.9 cm³/mol. The predicted octanol–water partition coefficient (Wildman–Crippen LogP) is 1.03. The highest BCUT2D eigenvalue weighted by Gasteiger charge is 2.03. The number of hydrogen-bond donors (Lipinski definition) is 2. The molecule has 1 heterocycles. The smallest absolute Gasteiger partial charge is 0.224 e. The van der Waals surface area contributed by atoms with E-state index in [4.69, 9.17) is 10.5 Å². The highest BCUT2D eigenvalue weighted by Crippen LogP contribution is 2.17. The summed E-state index contributed by atoms with van der Waals surface area (Å²) in [4.78, 5) is 15.5. The van der Waals surface area contributed by atoms with E-state index >= 15 is 0 Å². The molecular formula is C14H19N5O2. The van der Waals surface area contributed by atoms with Crippen LogP contribution in [0.3, 0.4) is 0 Å². The van der Waals surface area contributed by atoms with Gasteiger partial charge in [0.2, 0.25) is 5.91 Å². The van der Waals surface area contributed by atoms with E-state index in [1.54, 1.807) is 17.1 Å². The molecule has 21 heavy (non-hydrogen) atoms. The van der Waals surface area contributed by atoms with Crippen LogP contribution in [0.1, 0.15) is 12.8 Å². The topological polar surface area (TPSA) is 95.1 Å². The largest absolute Gasteiger partial charge is 0.492 e. The van der Waals surface area contributed by atoms with Crippen molar-refractivity contribution in [2.24, 2.45) is 5.73 Å². The van der Waals surface area contributed by atoms with Gasteiger partial charge in [-0.15, -0.1) is 0 Å². The minimum atomic E-state index is -0.0415. The molecule has 0 fully saturated rings. The maximum Gasteiger partial charge on any atom is 0.224 e. The van der Waals surface area contributed by atoms with E-state index in [1.807, 2.05) is 18.2 Å². The Morgan fingerprint density at radius 2 is 2.33 bits per heavy atom. The number of nitrogens with zero attached hydrogens (tertiary/aromatic N) is 3. The van der Waals surface area contributed by atoms with E-state index < -0.39 is 0 Å². The average molecular weight is 289 g/mol. The molecule has 0 bridgehead atoms. The Kier molecular flexibility index (Phi) is 5.71. The molecule has 1 amide bonds. The third-order valence-corrected chi connectivity index (χ3v) is 2.78. The second-order valence-corrected chi connectivity index (χ2v) is 4.48. The zero-order valence-electron chi connectivity index (χ0n) is 11.7. The summed E-state index contributed by atoms with van der Waals surface area (Å²) in [6.07, 6.45) is 4.22. The van der Waals surface area contributed by atoms with E-state index in [2.05, 4.69) is 15.4 Å². The molecule has 0 saturated heterocycles. The third-order valence-electron chi connectivity index (χ3n) is 2.78. The second-order valence-electron chi connectivity index (χ2n) is 4.48. The van der Waals surface area contributed by atoms with Crippen molar-refractivity contribution in [3.8, 4) is 5.75 Å². The average Bonchev–Trinajstić information content (AvgIpc) is 2.99. The minimum absolute atomic E-state index is 0.0415. The van der Waals surface area contributed by atoms with Crippen LogP contribution in [-0.4, -0.2) is 33.8 Å². The van der Waals surface area contributed by atoms with Gasteiger partial charge in [0, 0.05) is 18.2 Å². The van der Waals surface area contributed by atoms with Gasteiger partial charge in [-0.2, -0.15) is 5.10 Å². The lowest BCUT2D eigenvalue weighted by Crippen LogP contribution is -2.13. The summed E-state index contributed by atoms with van der Waals surface area (Å²) in [5, 5.41) is 6.81. The zero-order valence-corrected chi connectivity index (χ0v) is 11.7. The monoisotopic (exact) mass is 289 g/mol. The number of aromatic nitrogens is 3. The summed E-state index contributed by atoms with van der Waals surface area (Å²) in [5.74, 6) is 0.659. The fourth-order valence-electron chi connectivity index (χ4n) is 1.75. The number of benzene rings is 1. The summed E-state index contributed by atoms with van der Waals surface area (Å²) in [6.45, 7) is 1.61. The maximum absolute atomic E-state index is 11.6. The Balaban J connectivity index is 1.81. The number of amides is 1. The molecule has 7 nitrogen and oxygen atoms in total. The number of hydrogen-bond acceptors (Lipinski definition) is 5. The highest BCUT2D eigenvalue weighted by molar-refractivity contribution is 5.90. The van der Waals surface area contributed by atoms with Gasteiger partial charge in [0.05, 0.1) is 6.54 Å². The Labute approximate surface area is 123 Å². The molecule has 0 aliphatic rings. The highest BCUT2D eigenvalue weighted by atomic mass is 16.5. The SMILES string of the molecule is NCCCC(=O)Nc1cccc(OCCn2cncn2)c1. The van der Waals surface area contributed by atoms with Gasteiger partial charge < -0.3 is 15.8 Å². The minimum Gasteiger partial charge on any atom is -0.492 e. The van der Waals surface area contributed by atoms with Gasteiger partial charge in [0.25, 0.3) is 0 Å². The zero-order chi connectivity index (χ0) is 14.9. The van der Waals surface area contributed by atoms with Crippen molar-refractivity contribution >= 4 is 11.6 Å². The molecule has 7 heteroatoms. The lowest BCUT2D eigenvalue weighted by atomic mass is 10.2. The van der Waals surface area contributed by atoms with Gasteiger partial charge in [0.15, 0.2) is 0 Å². The Hall–Kier alpha value is -2.41. The lowest BCUT2D eigenvalue weighted by molar-refractivity contribution is -0.116. The van der Waals surface area contributed by atoms with Crippen LogP contribution in [-0.2, 0) is 11.3 Å². The quantitative estimate of drug-likeness (QED) is 0.757. The first kappa shape index (κ1) is 15.0. The van der Waals surface area contributed by atoms with Crippen molar-refractivity contribution in [2.75, 3.05) is 18.5 Å².